The van der Waals surface area contributed by atoms with Gasteiger partial charge in [-0.3, -0.25) is 0 Å². The van der Waals surface area contributed by atoms with Crippen molar-refractivity contribution >= 4 is 0 Å². The van der Waals surface area contributed by atoms with Crippen molar-refractivity contribution in [2.75, 3.05) is 7.11 Å². The summed E-state index contributed by atoms with van der Waals surface area (Å²) in [6.45, 7) is 1.63. The molecule has 0 aliphatic carbocycles. The summed E-state index contributed by atoms with van der Waals surface area (Å²) in [5.74, 6) is 1.23. The fourth-order valence-corrected chi connectivity index (χ4v) is 1.59. The van der Waals surface area contributed by atoms with E-state index in [0.29, 0.717) is 28.6 Å². The fraction of sp³-hybridized carbons (Fsp3) is 0.333. The maximum absolute atomic E-state index is 13.3. The Bertz CT molecular complexity index is 540. The van der Waals surface area contributed by atoms with Crippen molar-refractivity contribution in [2.24, 2.45) is 5.73 Å². The first-order chi connectivity index (χ1) is 8.65. The second-order valence-electron chi connectivity index (χ2n) is 3.79. The molecular weight excluding hydrogens is 237 g/mol. The number of nitrogens with zero attached hydrogens (tertiary/aromatic N) is 2. The number of halogens is 1. The Labute approximate surface area is 104 Å². The molecule has 1 heterocycles. The summed E-state index contributed by atoms with van der Waals surface area (Å²) < 4.78 is 23.4. The van der Waals surface area contributed by atoms with Gasteiger partial charge in [0.15, 0.2) is 0 Å². The van der Waals surface area contributed by atoms with Crippen LogP contribution in [-0.4, -0.2) is 17.3 Å². The monoisotopic (exact) mass is 251 g/mol. The molecule has 1 atom stereocenters. The Hall–Kier alpha value is -1.95. The van der Waals surface area contributed by atoms with E-state index in [0.717, 1.165) is 0 Å². The molecule has 1 aromatic carbocycles. The van der Waals surface area contributed by atoms with E-state index in [4.69, 9.17) is 15.0 Å². The van der Waals surface area contributed by atoms with Gasteiger partial charge in [-0.1, -0.05) is 11.2 Å². The molecule has 2 N–H and O–H groups in total. The predicted octanol–water partition coefficient (Wildman–Crippen LogP) is 2.23. The summed E-state index contributed by atoms with van der Waals surface area (Å²) in [6, 6.07) is 4.99. The number of aromatic nitrogens is 2. The Morgan fingerprint density at radius 2 is 2.28 bits per heavy atom. The molecule has 0 amide bonds. The van der Waals surface area contributed by atoms with Crippen molar-refractivity contribution in [1.82, 2.24) is 10.1 Å². The second-order valence-corrected chi connectivity index (χ2v) is 3.79. The summed E-state index contributed by atoms with van der Waals surface area (Å²) in [5.41, 5.74) is 6.52. The van der Waals surface area contributed by atoms with E-state index in [9.17, 15) is 4.39 Å². The van der Waals surface area contributed by atoms with Crippen LogP contribution in [-0.2, 0) is 6.54 Å². The quantitative estimate of drug-likeness (QED) is 0.901. The molecule has 18 heavy (non-hydrogen) atoms. The third-order valence-electron chi connectivity index (χ3n) is 2.57. The van der Waals surface area contributed by atoms with E-state index in [2.05, 4.69) is 10.1 Å². The van der Waals surface area contributed by atoms with Crippen molar-refractivity contribution in [3.63, 3.8) is 0 Å². The topological polar surface area (TPSA) is 74.2 Å². The van der Waals surface area contributed by atoms with Gasteiger partial charge in [0.2, 0.25) is 11.7 Å². The summed E-state index contributed by atoms with van der Waals surface area (Å²) in [7, 11) is 1.53. The third-order valence-corrected chi connectivity index (χ3v) is 2.57. The first kappa shape index (κ1) is 12.5. The number of alkyl halides is 1. The molecule has 5 nitrogen and oxygen atoms in total. The molecule has 2 rings (SSSR count). The van der Waals surface area contributed by atoms with E-state index in [1.807, 2.05) is 0 Å². The summed E-state index contributed by atoms with van der Waals surface area (Å²) >= 11 is 0. The average molecular weight is 251 g/mol. The number of rotatable bonds is 4. The van der Waals surface area contributed by atoms with Crippen molar-refractivity contribution in [2.45, 2.75) is 19.6 Å². The summed E-state index contributed by atoms with van der Waals surface area (Å²) in [4.78, 5) is 4.10. The molecule has 6 heteroatoms. The number of ether oxygens (including phenoxy) is 1. The number of hydrogen-bond acceptors (Lipinski definition) is 5. The maximum atomic E-state index is 13.3. The van der Waals surface area contributed by atoms with Gasteiger partial charge in [-0.15, -0.1) is 0 Å². The SMILES string of the molecule is COc1ccc(C(C)F)cc1-c1noc(CN)n1. The van der Waals surface area contributed by atoms with Gasteiger partial charge in [0.25, 0.3) is 0 Å². The lowest BCUT2D eigenvalue weighted by Crippen LogP contribution is -1.96. The highest BCUT2D eigenvalue weighted by Crippen LogP contribution is 2.31. The van der Waals surface area contributed by atoms with Crippen LogP contribution in [0.15, 0.2) is 22.7 Å². The van der Waals surface area contributed by atoms with Crippen LogP contribution in [0.4, 0.5) is 4.39 Å². The normalized spacial score (nSPS) is 12.4. The molecular formula is C12H14FN3O2. The van der Waals surface area contributed by atoms with Crippen LogP contribution in [0.2, 0.25) is 0 Å². The highest BCUT2D eigenvalue weighted by atomic mass is 19.1. The predicted molar refractivity (Wildman–Crippen MR) is 63.7 cm³/mol. The van der Waals surface area contributed by atoms with E-state index in [1.165, 1.54) is 14.0 Å². The van der Waals surface area contributed by atoms with Crippen LogP contribution in [0.25, 0.3) is 11.4 Å². The van der Waals surface area contributed by atoms with Crippen LogP contribution in [0.5, 0.6) is 5.75 Å². The van der Waals surface area contributed by atoms with E-state index in [-0.39, 0.29) is 6.54 Å². The summed E-state index contributed by atoms with van der Waals surface area (Å²) in [5, 5.41) is 3.80. The lowest BCUT2D eigenvalue weighted by atomic mass is 10.1. The Balaban J connectivity index is 2.49. The van der Waals surface area contributed by atoms with Crippen LogP contribution in [0.1, 0.15) is 24.5 Å². The number of hydrogen-bond donors (Lipinski definition) is 1. The molecule has 2 aromatic rings. The molecule has 1 aromatic heterocycles. The number of benzene rings is 1. The fourth-order valence-electron chi connectivity index (χ4n) is 1.59. The summed E-state index contributed by atoms with van der Waals surface area (Å²) in [6.07, 6.45) is -1.07. The number of nitrogens with two attached hydrogens (primary N) is 1. The lowest BCUT2D eigenvalue weighted by Gasteiger charge is -2.08. The Morgan fingerprint density at radius 3 is 2.83 bits per heavy atom. The van der Waals surface area contributed by atoms with E-state index in [1.54, 1.807) is 18.2 Å². The van der Waals surface area contributed by atoms with Gasteiger partial charge in [0, 0.05) is 0 Å². The number of methoxy groups -OCH3 is 1. The smallest absolute Gasteiger partial charge is 0.240 e. The maximum Gasteiger partial charge on any atom is 0.240 e. The van der Waals surface area contributed by atoms with Crippen LogP contribution in [0.3, 0.4) is 0 Å². The van der Waals surface area contributed by atoms with Gasteiger partial charge in [-0.25, -0.2) is 4.39 Å². The molecule has 0 radical (unpaired) electrons. The third kappa shape index (κ3) is 2.33. The first-order valence-corrected chi connectivity index (χ1v) is 5.50. The van der Waals surface area contributed by atoms with Gasteiger partial charge in [-0.2, -0.15) is 4.98 Å². The molecule has 0 bridgehead atoms. The second kappa shape index (κ2) is 5.14. The zero-order chi connectivity index (χ0) is 13.1. The average Bonchev–Trinajstić information content (AvgIpc) is 2.86. The standard InChI is InChI=1S/C12H14FN3O2/c1-7(13)8-3-4-10(17-2)9(5-8)12-15-11(6-14)18-16-12/h3-5,7H,6,14H2,1-2H3. The molecule has 0 saturated carbocycles. The Morgan fingerprint density at radius 1 is 1.50 bits per heavy atom. The van der Waals surface area contributed by atoms with Crippen LogP contribution >= 0.6 is 0 Å². The van der Waals surface area contributed by atoms with Crippen molar-refractivity contribution in [3.8, 4) is 17.1 Å². The van der Waals surface area contributed by atoms with Gasteiger partial charge in [0.05, 0.1) is 19.2 Å². The Kier molecular flexibility index (Phi) is 3.57. The molecule has 0 saturated heterocycles. The van der Waals surface area contributed by atoms with Gasteiger partial charge >= 0.3 is 0 Å². The van der Waals surface area contributed by atoms with E-state index < -0.39 is 6.17 Å². The van der Waals surface area contributed by atoms with E-state index >= 15 is 0 Å². The minimum absolute atomic E-state index is 0.161. The molecule has 1 unspecified atom stereocenters. The zero-order valence-corrected chi connectivity index (χ0v) is 10.2. The molecule has 0 spiro atoms. The van der Waals surface area contributed by atoms with Crippen molar-refractivity contribution in [3.05, 3.63) is 29.7 Å². The first-order valence-electron chi connectivity index (χ1n) is 5.50. The van der Waals surface area contributed by atoms with Crippen LogP contribution < -0.4 is 10.5 Å². The molecule has 0 aliphatic rings. The minimum Gasteiger partial charge on any atom is -0.496 e. The lowest BCUT2D eigenvalue weighted by molar-refractivity contribution is 0.372. The van der Waals surface area contributed by atoms with Gasteiger partial charge in [-0.05, 0) is 24.6 Å². The zero-order valence-electron chi connectivity index (χ0n) is 10.2. The van der Waals surface area contributed by atoms with Crippen LogP contribution in [0, 0.1) is 0 Å². The highest BCUT2D eigenvalue weighted by Gasteiger charge is 2.15. The molecule has 0 aliphatic heterocycles. The van der Waals surface area contributed by atoms with Crippen molar-refractivity contribution in [1.29, 1.82) is 0 Å². The largest absolute Gasteiger partial charge is 0.496 e. The van der Waals surface area contributed by atoms with Gasteiger partial charge in [0.1, 0.15) is 11.9 Å². The van der Waals surface area contributed by atoms with Crippen molar-refractivity contribution < 1.29 is 13.7 Å². The van der Waals surface area contributed by atoms with Gasteiger partial charge < -0.3 is 15.0 Å². The highest BCUT2D eigenvalue weighted by molar-refractivity contribution is 5.65. The molecule has 0 fully saturated rings. The molecule has 96 valence electrons. The minimum atomic E-state index is -1.07.